The first-order valence-electron chi connectivity index (χ1n) is 10.6. The number of nitrogens with two attached hydrogens (primary N) is 1. The van der Waals surface area contributed by atoms with E-state index in [-0.39, 0.29) is 17.6 Å². The van der Waals surface area contributed by atoms with E-state index in [2.05, 4.69) is 10.1 Å². The van der Waals surface area contributed by atoms with Gasteiger partial charge in [-0.05, 0) is 30.5 Å². The second-order valence-electron chi connectivity index (χ2n) is 8.08. The molecule has 32 heavy (non-hydrogen) atoms. The summed E-state index contributed by atoms with van der Waals surface area (Å²) >= 11 is 0. The molecule has 1 unspecified atom stereocenters. The van der Waals surface area contributed by atoms with Gasteiger partial charge in [0.15, 0.2) is 0 Å². The minimum Gasteiger partial charge on any atom is -0.366 e. The Morgan fingerprint density at radius 2 is 2.09 bits per heavy atom. The van der Waals surface area contributed by atoms with Gasteiger partial charge in [-0.1, -0.05) is 24.2 Å². The number of rotatable bonds is 6. The number of carbonyl (C=O) groups is 2. The van der Waals surface area contributed by atoms with Crippen molar-refractivity contribution in [3.63, 3.8) is 0 Å². The van der Waals surface area contributed by atoms with Crippen molar-refractivity contribution in [3.05, 3.63) is 59.2 Å². The van der Waals surface area contributed by atoms with E-state index in [1.54, 1.807) is 35.4 Å². The lowest BCUT2D eigenvalue weighted by atomic mass is 9.95. The first-order chi connectivity index (χ1) is 15.4. The predicted octanol–water partition coefficient (Wildman–Crippen LogP) is 2.49. The van der Waals surface area contributed by atoms with Gasteiger partial charge in [0.1, 0.15) is 0 Å². The van der Waals surface area contributed by atoms with Crippen LogP contribution >= 0.6 is 0 Å². The smallest absolute Gasteiger partial charge is 0.292 e. The van der Waals surface area contributed by atoms with Crippen molar-refractivity contribution in [1.82, 2.24) is 20.0 Å². The topological polar surface area (TPSA) is 118 Å². The zero-order valence-corrected chi connectivity index (χ0v) is 18.4. The van der Waals surface area contributed by atoms with Gasteiger partial charge in [-0.2, -0.15) is 0 Å². The fraction of sp³-hybridized carbons (Fsp3) is 0.348. The Balaban J connectivity index is 1.66. The maximum atomic E-state index is 12.9. The summed E-state index contributed by atoms with van der Waals surface area (Å²) in [5.41, 5.74) is 9.13. The van der Waals surface area contributed by atoms with Gasteiger partial charge in [0.05, 0.1) is 11.4 Å². The Morgan fingerprint density at radius 3 is 2.78 bits per heavy atom. The predicted molar refractivity (Wildman–Crippen MR) is 119 cm³/mol. The largest absolute Gasteiger partial charge is 0.366 e. The number of anilines is 1. The molecule has 2 amide bonds. The van der Waals surface area contributed by atoms with Crippen LogP contribution in [-0.4, -0.2) is 59.0 Å². The number of primary amides is 1. The summed E-state index contributed by atoms with van der Waals surface area (Å²) < 4.78 is 5.23. The Morgan fingerprint density at radius 1 is 1.28 bits per heavy atom. The van der Waals surface area contributed by atoms with Crippen molar-refractivity contribution in [2.75, 3.05) is 32.1 Å². The highest BCUT2D eigenvalue weighted by molar-refractivity contribution is 5.94. The SMILES string of the molecule is CCc1cc(C(=O)N2CCC(c3nc(N(C)C)ncc3-c3cccc(C(N)=O)c3)C2)on1. The molecule has 0 bridgehead atoms. The fourth-order valence-corrected chi connectivity index (χ4v) is 3.88. The third kappa shape index (κ3) is 4.18. The van der Waals surface area contributed by atoms with Gasteiger partial charge in [-0.15, -0.1) is 0 Å². The lowest BCUT2D eigenvalue weighted by molar-refractivity contribution is 0.0749. The van der Waals surface area contributed by atoms with Gasteiger partial charge in [0, 0.05) is 56.5 Å². The first kappa shape index (κ1) is 21.5. The monoisotopic (exact) mass is 434 g/mol. The van der Waals surface area contributed by atoms with Crippen LogP contribution in [0.1, 0.15) is 51.6 Å². The maximum absolute atomic E-state index is 12.9. The van der Waals surface area contributed by atoms with Gasteiger partial charge < -0.3 is 20.1 Å². The van der Waals surface area contributed by atoms with Gasteiger partial charge in [0.25, 0.3) is 5.91 Å². The summed E-state index contributed by atoms with van der Waals surface area (Å²) in [5.74, 6) is 0.201. The standard InChI is InChI=1S/C23H26N6O3/c1-4-17-11-19(32-27-17)22(31)29-9-8-16(13-29)20-18(12-25-23(26-20)28(2)3)14-6-5-7-15(10-14)21(24)30/h5-7,10-12,16H,4,8-9,13H2,1-3H3,(H2,24,30). The molecule has 4 rings (SSSR count). The summed E-state index contributed by atoms with van der Waals surface area (Å²) in [6, 6.07) is 8.82. The number of nitrogens with zero attached hydrogens (tertiary/aromatic N) is 5. The molecule has 0 radical (unpaired) electrons. The molecule has 1 aromatic carbocycles. The Kier molecular flexibility index (Phi) is 5.89. The quantitative estimate of drug-likeness (QED) is 0.633. The molecule has 1 aliphatic rings. The van der Waals surface area contributed by atoms with Crippen LogP contribution in [0.3, 0.4) is 0 Å². The second-order valence-corrected chi connectivity index (χ2v) is 8.08. The average molecular weight is 435 g/mol. The number of benzene rings is 1. The average Bonchev–Trinajstić information content (AvgIpc) is 3.48. The number of hydrogen-bond acceptors (Lipinski definition) is 7. The van der Waals surface area contributed by atoms with Crippen molar-refractivity contribution in [1.29, 1.82) is 0 Å². The third-order valence-corrected chi connectivity index (χ3v) is 5.66. The van der Waals surface area contributed by atoms with E-state index in [0.29, 0.717) is 31.0 Å². The van der Waals surface area contributed by atoms with E-state index >= 15 is 0 Å². The number of likely N-dealkylation sites (tertiary alicyclic amines) is 1. The normalized spacial score (nSPS) is 15.7. The van der Waals surface area contributed by atoms with Crippen LogP contribution < -0.4 is 10.6 Å². The number of hydrogen-bond donors (Lipinski definition) is 1. The van der Waals surface area contributed by atoms with Crippen molar-refractivity contribution in [2.24, 2.45) is 5.73 Å². The van der Waals surface area contributed by atoms with Crippen molar-refractivity contribution < 1.29 is 14.1 Å². The van der Waals surface area contributed by atoms with Crippen molar-refractivity contribution in [3.8, 4) is 11.1 Å². The molecule has 9 nitrogen and oxygen atoms in total. The molecule has 1 fully saturated rings. The molecule has 3 heterocycles. The van der Waals surface area contributed by atoms with E-state index in [4.69, 9.17) is 15.2 Å². The minimum absolute atomic E-state index is 0.0152. The van der Waals surface area contributed by atoms with Crippen molar-refractivity contribution >= 4 is 17.8 Å². The van der Waals surface area contributed by atoms with Gasteiger partial charge in [-0.3, -0.25) is 9.59 Å². The molecule has 3 aromatic rings. The molecule has 1 atom stereocenters. The van der Waals surface area contributed by atoms with Gasteiger partial charge in [-0.25, -0.2) is 9.97 Å². The molecule has 0 aliphatic carbocycles. The van der Waals surface area contributed by atoms with Crippen LogP contribution in [0, 0.1) is 0 Å². The number of aryl methyl sites for hydroxylation is 1. The zero-order valence-electron chi connectivity index (χ0n) is 18.4. The Bertz CT molecular complexity index is 1160. The summed E-state index contributed by atoms with van der Waals surface area (Å²) in [6.45, 7) is 3.06. The number of amides is 2. The molecular formula is C23H26N6O3. The van der Waals surface area contributed by atoms with E-state index in [9.17, 15) is 9.59 Å². The lowest BCUT2D eigenvalue weighted by Gasteiger charge is -2.19. The first-order valence-corrected chi connectivity index (χ1v) is 10.6. The molecular weight excluding hydrogens is 408 g/mol. The van der Waals surface area contributed by atoms with Gasteiger partial charge >= 0.3 is 0 Å². The van der Waals surface area contributed by atoms with E-state index in [1.165, 1.54) is 0 Å². The minimum atomic E-state index is -0.490. The molecule has 1 saturated heterocycles. The molecule has 0 saturated carbocycles. The van der Waals surface area contributed by atoms with Crippen LogP contribution in [-0.2, 0) is 6.42 Å². The third-order valence-electron chi connectivity index (χ3n) is 5.66. The zero-order chi connectivity index (χ0) is 22.8. The van der Waals surface area contributed by atoms with Crippen LogP contribution in [0.25, 0.3) is 11.1 Å². The molecule has 2 N–H and O–H groups in total. The Labute approximate surface area is 186 Å². The van der Waals surface area contributed by atoms with E-state index in [0.717, 1.165) is 28.9 Å². The number of aromatic nitrogens is 3. The number of carbonyl (C=O) groups excluding carboxylic acids is 2. The van der Waals surface area contributed by atoms with Crippen molar-refractivity contribution in [2.45, 2.75) is 25.7 Å². The van der Waals surface area contributed by atoms with Crippen LogP contribution in [0.15, 0.2) is 41.1 Å². The molecule has 166 valence electrons. The molecule has 0 spiro atoms. The van der Waals surface area contributed by atoms with Gasteiger partial charge in [0.2, 0.25) is 17.6 Å². The second kappa shape index (κ2) is 8.78. The lowest BCUT2D eigenvalue weighted by Crippen LogP contribution is -2.28. The summed E-state index contributed by atoms with van der Waals surface area (Å²) in [6.07, 6.45) is 3.24. The van der Waals surface area contributed by atoms with E-state index in [1.807, 2.05) is 32.0 Å². The highest BCUT2D eigenvalue weighted by Gasteiger charge is 2.32. The Hall–Kier alpha value is -3.75. The molecule has 1 aliphatic heterocycles. The maximum Gasteiger partial charge on any atom is 0.292 e. The summed E-state index contributed by atoms with van der Waals surface area (Å²) in [4.78, 5) is 37.5. The van der Waals surface area contributed by atoms with Crippen LogP contribution in [0.5, 0.6) is 0 Å². The molecule has 9 heteroatoms. The summed E-state index contributed by atoms with van der Waals surface area (Å²) in [7, 11) is 3.76. The summed E-state index contributed by atoms with van der Waals surface area (Å²) in [5, 5.41) is 3.93. The molecule has 2 aromatic heterocycles. The van der Waals surface area contributed by atoms with E-state index < -0.39 is 5.91 Å². The highest BCUT2D eigenvalue weighted by atomic mass is 16.5. The fourth-order valence-electron chi connectivity index (χ4n) is 3.88. The highest BCUT2D eigenvalue weighted by Crippen LogP contribution is 2.35. The van der Waals surface area contributed by atoms with Crippen LogP contribution in [0.4, 0.5) is 5.95 Å². The van der Waals surface area contributed by atoms with Crippen LogP contribution in [0.2, 0.25) is 0 Å².